The average Bonchev–Trinajstić information content (AvgIpc) is 2.59. The van der Waals surface area contributed by atoms with Crippen LogP contribution >= 0.6 is 0 Å². The van der Waals surface area contributed by atoms with Crippen LogP contribution in [0.2, 0.25) is 0 Å². The first-order chi connectivity index (χ1) is 12.6. The number of carbonyl (C=O) groups excluding carboxylic acids is 1. The molecule has 1 fully saturated rings. The van der Waals surface area contributed by atoms with Gasteiger partial charge in [-0.25, -0.2) is 0 Å². The Labute approximate surface area is 157 Å². The number of benzene rings is 1. The Hall–Kier alpha value is -2.32. The lowest BCUT2D eigenvalue weighted by Crippen LogP contribution is -2.32. The predicted octanol–water partition coefficient (Wildman–Crippen LogP) is 6.20. The molecule has 0 saturated heterocycles. The molecule has 0 spiro atoms. The van der Waals surface area contributed by atoms with E-state index in [4.69, 9.17) is 4.74 Å². The van der Waals surface area contributed by atoms with Crippen LogP contribution in [-0.4, -0.2) is 23.6 Å². The first-order valence-electron chi connectivity index (χ1n) is 8.28. The lowest BCUT2D eigenvalue weighted by molar-refractivity contribution is -0.185. The molecular formula is C19H19F6NO2. The van der Waals surface area contributed by atoms with Crippen LogP contribution in [0.3, 0.4) is 0 Å². The molecule has 0 amide bonds. The Morgan fingerprint density at radius 2 is 1.68 bits per heavy atom. The van der Waals surface area contributed by atoms with Crippen LogP contribution < -0.4 is 4.74 Å². The highest BCUT2D eigenvalue weighted by Crippen LogP contribution is 2.43. The molecule has 1 aromatic heterocycles. The first-order valence-corrected chi connectivity index (χ1v) is 8.28. The molecule has 1 heterocycles. The highest BCUT2D eigenvalue weighted by atomic mass is 19.4. The summed E-state index contributed by atoms with van der Waals surface area (Å²) in [6.07, 6.45) is -8.67. The number of hydrogen-bond acceptors (Lipinski definition) is 3. The molecule has 3 rings (SSSR count). The Morgan fingerprint density at radius 3 is 2.21 bits per heavy atom. The van der Waals surface area contributed by atoms with Crippen molar-refractivity contribution in [1.82, 2.24) is 4.98 Å². The standard InChI is InChI=1S/C18H15F6NO2.CH4/c19-17(20,21)11-2-4-13(5-3-11)27-15-6-1-10-7-12(9-26)25-8-14(10)16(15)18(22,23)24;/h1,6-9,11,13H,2-5H2;1H4. The number of fused-ring (bicyclic) bond motifs is 1. The fourth-order valence-corrected chi connectivity index (χ4v) is 3.36. The second-order valence-corrected chi connectivity index (χ2v) is 6.52. The number of nitrogens with zero attached hydrogens (tertiary/aromatic N) is 1. The Kier molecular flexibility index (Phi) is 6.25. The molecule has 1 aliphatic carbocycles. The number of aromatic nitrogens is 1. The number of hydrogen-bond donors (Lipinski definition) is 0. The molecule has 9 heteroatoms. The number of carbonyl (C=O) groups is 1. The summed E-state index contributed by atoms with van der Waals surface area (Å²) >= 11 is 0. The van der Waals surface area contributed by atoms with Crippen LogP contribution in [0.15, 0.2) is 24.4 Å². The van der Waals surface area contributed by atoms with Crippen molar-refractivity contribution in [1.29, 1.82) is 0 Å². The van der Waals surface area contributed by atoms with Crippen molar-refractivity contribution in [2.24, 2.45) is 5.92 Å². The van der Waals surface area contributed by atoms with E-state index in [0.717, 1.165) is 12.3 Å². The number of pyridine rings is 1. The molecule has 0 atom stereocenters. The van der Waals surface area contributed by atoms with Crippen LogP contribution in [-0.2, 0) is 6.18 Å². The normalized spacial score (nSPS) is 20.5. The molecule has 0 radical (unpaired) electrons. The van der Waals surface area contributed by atoms with Crippen molar-refractivity contribution in [2.75, 3.05) is 0 Å². The van der Waals surface area contributed by atoms with Gasteiger partial charge in [0.25, 0.3) is 0 Å². The first kappa shape index (κ1) is 22.0. The highest BCUT2D eigenvalue weighted by molar-refractivity contribution is 5.90. The van der Waals surface area contributed by atoms with Crippen LogP contribution in [0.5, 0.6) is 5.75 Å². The molecule has 0 unspecified atom stereocenters. The lowest BCUT2D eigenvalue weighted by atomic mass is 9.87. The maximum atomic E-state index is 13.6. The molecule has 1 aliphatic rings. The van der Waals surface area contributed by atoms with E-state index in [-0.39, 0.29) is 49.6 Å². The van der Waals surface area contributed by atoms with Gasteiger partial charge < -0.3 is 4.74 Å². The molecule has 3 nitrogen and oxygen atoms in total. The molecule has 0 aliphatic heterocycles. The van der Waals surface area contributed by atoms with Gasteiger partial charge in [0.2, 0.25) is 0 Å². The Balaban J connectivity index is 0.00000280. The molecule has 1 saturated carbocycles. The monoisotopic (exact) mass is 407 g/mol. The summed E-state index contributed by atoms with van der Waals surface area (Å²) in [7, 11) is 0. The third-order valence-corrected chi connectivity index (χ3v) is 4.72. The summed E-state index contributed by atoms with van der Waals surface area (Å²) in [4.78, 5) is 14.4. The van der Waals surface area contributed by atoms with Crippen LogP contribution in [0.1, 0.15) is 49.2 Å². The third kappa shape index (κ3) is 4.56. The second kappa shape index (κ2) is 7.97. The van der Waals surface area contributed by atoms with Crippen molar-refractivity contribution >= 4 is 17.1 Å². The van der Waals surface area contributed by atoms with Crippen LogP contribution in [0.4, 0.5) is 26.3 Å². The van der Waals surface area contributed by atoms with Gasteiger partial charge >= 0.3 is 12.4 Å². The van der Waals surface area contributed by atoms with Gasteiger partial charge in [-0.2, -0.15) is 26.3 Å². The Morgan fingerprint density at radius 1 is 1.04 bits per heavy atom. The van der Waals surface area contributed by atoms with Gasteiger partial charge in [0.1, 0.15) is 17.0 Å². The predicted molar refractivity (Wildman–Crippen MR) is 91.3 cm³/mol. The van der Waals surface area contributed by atoms with Crippen LogP contribution in [0.25, 0.3) is 10.8 Å². The van der Waals surface area contributed by atoms with E-state index in [2.05, 4.69) is 4.98 Å². The topological polar surface area (TPSA) is 39.2 Å². The minimum Gasteiger partial charge on any atom is -0.490 e. The minimum absolute atomic E-state index is 0. The van der Waals surface area contributed by atoms with Crippen molar-refractivity contribution in [3.05, 3.63) is 35.7 Å². The number of rotatable bonds is 3. The SMILES string of the molecule is C.O=Cc1cc2ccc(OC3CCC(C(F)(F)F)CC3)c(C(F)(F)F)c2cn1. The molecule has 154 valence electrons. The van der Waals surface area contributed by atoms with Crippen molar-refractivity contribution in [2.45, 2.75) is 51.6 Å². The summed E-state index contributed by atoms with van der Waals surface area (Å²) in [5.74, 6) is -1.88. The minimum atomic E-state index is -4.75. The van der Waals surface area contributed by atoms with Gasteiger partial charge in [-0.05, 0) is 43.2 Å². The van der Waals surface area contributed by atoms with Crippen molar-refractivity contribution in [3.8, 4) is 5.75 Å². The zero-order valence-electron chi connectivity index (χ0n) is 13.9. The molecule has 28 heavy (non-hydrogen) atoms. The van der Waals surface area contributed by atoms with E-state index >= 15 is 0 Å². The van der Waals surface area contributed by atoms with Gasteiger partial charge in [0.15, 0.2) is 6.29 Å². The third-order valence-electron chi connectivity index (χ3n) is 4.72. The number of alkyl halides is 6. The zero-order valence-corrected chi connectivity index (χ0v) is 13.9. The van der Waals surface area contributed by atoms with E-state index in [0.29, 0.717) is 6.29 Å². The summed E-state index contributed by atoms with van der Waals surface area (Å²) in [6.45, 7) is 0. The molecule has 2 aromatic rings. The number of halogens is 6. The molecule has 0 bridgehead atoms. The van der Waals surface area contributed by atoms with Gasteiger partial charge in [-0.1, -0.05) is 13.5 Å². The second-order valence-electron chi connectivity index (χ2n) is 6.52. The van der Waals surface area contributed by atoms with Gasteiger partial charge in [-0.3, -0.25) is 9.78 Å². The fourth-order valence-electron chi connectivity index (χ4n) is 3.36. The van der Waals surface area contributed by atoms with Crippen LogP contribution in [0, 0.1) is 5.92 Å². The largest absolute Gasteiger partial charge is 0.490 e. The molecule has 1 aromatic carbocycles. The van der Waals surface area contributed by atoms with E-state index in [1.807, 2.05) is 0 Å². The van der Waals surface area contributed by atoms with E-state index in [1.165, 1.54) is 12.1 Å². The van der Waals surface area contributed by atoms with Crippen molar-refractivity contribution in [3.63, 3.8) is 0 Å². The summed E-state index contributed by atoms with van der Waals surface area (Å²) in [5, 5.41) is -0.0536. The highest BCUT2D eigenvalue weighted by Gasteiger charge is 2.42. The summed E-state index contributed by atoms with van der Waals surface area (Å²) in [5.41, 5.74) is -1.04. The fraction of sp³-hybridized carbons (Fsp3) is 0.474. The summed E-state index contributed by atoms with van der Waals surface area (Å²) < 4.78 is 84.5. The zero-order chi connectivity index (χ0) is 19.8. The molecule has 0 N–H and O–H groups in total. The smallest absolute Gasteiger partial charge is 0.420 e. The quantitative estimate of drug-likeness (QED) is 0.449. The maximum absolute atomic E-state index is 13.6. The van der Waals surface area contributed by atoms with Gasteiger partial charge in [-0.15, -0.1) is 0 Å². The van der Waals surface area contributed by atoms with Crippen molar-refractivity contribution < 1.29 is 35.9 Å². The van der Waals surface area contributed by atoms with E-state index < -0.39 is 35.7 Å². The molecular weight excluding hydrogens is 388 g/mol. The lowest BCUT2D eigenvalue weighted by Gasteiger charge is -2.31. The number of ether oxygens (including phenoxy) is 1. The average molecular weight is 407 g/mol. The van der Waals surface area contributed by atoms with E-state index in [1.54, 1.807) is 0 Å². The van der Waals surface area contributed by atoms with Gasteiger partial charge in [0, 0.05) is 11.6 Å². The maximum Gasteiger partial charge on any atom is 0.420 e. The van der Waals surface area contributed by atoms with E-state index in [9.17, 15) is 31.1 Å². The van der Waals surface area contributed by atoms with Gasteiger partial charge in [0.05, 0.1) is 12.0 Å². The number of aldehydes is 1. The summed E-state index contributed by atoms with van der Waals surface area (Å²) in [6, 6.07) is 3.74. The Bertz CT molecular complexity index is 839.